The normalized spacial score (nSPS) is 19.5. The third-order valence-electron chi connectivity index (χ3n) is 5.05. The van der Waals surface area contributed by atoms with E-state index in [1.165, 1.54) is 25.7 Å². The molecule has 128 valence electrons. The van der Waals surface area contributed by atoms with E-state index in [-0.39, 0.29) is 6.61 Å². The molecule has 4 rings (SSSR count). The average Bonchev–Trinajstić information content (AvgIpc) is 3.30. The van der Waals surface area contributed by atoms with Gasteiger partial charge in [-0.15, -0.1) is 0 Å². The van der Waals surface area contributed by atoms with E-state index in [1.807, 2.05) is 23.0 Å². The minimum atomic E-state index is -0.918. The fourth-order valence-corrected chi connectivity index (χ4v) is 3.68. The highest BCUT2D eigenvalue weighted by Gasteiger charge is 2.24. The monoisotopic (exact) mass is 329 g/mol. The van der Waals surface area contributed by atoms with Gasteiger partial charge in [-0.3, -0.25) is 4.68 Å². The van der Waals surface area contributed by atoms with Crippen LogP contribution in [0.5, 0.6) is 0 Å². The van der Waals surface area contributed by atoms with Crippen LogP contribution in [0.3, 0.4) is 0 Å². The molecule has 2 aliphatic rings. The smallest absolute Gasteiger partial charge is 0.225 e. The topological polar surface area (TPSA) is 87.3 Å². The summed E-state index contributed by atoms with van der Waals surface area (Å²) >= 11 is 0. The molecule has 1 fully saturated rings. The Morgan fingerprint density at radius 3 is 2.88 bits per heavy atom. The molecule has 2 N–H and O–H groups in total. The Bertz CT molecular complexity index is 711. The second-order valence-corrected chi connectivity index (χ2v) is 6.67. The second kappa shape index (κ2) is 6.49. The third-order valence-corrected chi connectivity index (χ3v) is 5.05. The molecule has 7 heteroatoms. The first-order valence-corrected chi connectivity index (χ1v) is 8.68. The van der Waals surface area contributed by atoms with Crippen molar-refractivity contribution in [2.45, 2.75) is 50.8 Å². The van der Waals surface area contributed by atoms with Crippen LogP contribution in [-0.2, 0) is 13.1 Å². The molecular formula is C17H23N5O2. The van der Waals surface area contributed by atoms with E-state index >= 15 is 0 Å². The number of aliphatic hydroxyl groups is 2. The Balaban J connectivity index is 1.54. The molecule has 0 amide bonds. The van der Waals surface area contributed by atoms with Crippen LogP contribution in [0.2, 0.25) is 0 Å². The van der Waals surface area contributed by atoms with Gasteiger partial charge < -0.3 is 15.1 Å². The highest BCUT2D eigenvalue weighted by atomic mass is 16.3. The first kappa shape index (κ1) is 15.5. The number of hydrogen-bond acceptors (Lipinski definition) is 6. The lowest BCUT2D eigenvalue weighted by Gasteiger charge is -2.28. The summed E-state index contributed by atoms with van der Waals surface area (Å²) in [6.45, 7) is 1.87. The molecule has 1 unspecified atom stereocenters. The molecule has 0 spiro atoms. The van der Waals surface area contributed by atoms with E-state index < -0.39 is 6.10 Å². The molecule has 1 atom stereocenters. The molecule has 1 aliphatic heterocycles. The minimum absolute atomic E-state index is 0.313. The molecule has 0 bridgehead atoms. The molecule has 7 nitrogen and oxygen atoms in total. The van der Waals surface area contributed by atoms with Crippen molar-refractivity contribution in [3.63, 3.8) is 0 Å². The van der Waals surface area contributed by atoms with Crippen LogP contribution in [0.15, 0.2) is 18.3 Å². The standard InChI is InChI=1S/C17H23N5O2/c23-11-16(24)15-9-13-10-21(7-8-22(13)20-15)17-18-6-5-14(19-17)12-3-1-2-4-12/h5-6,9,12,16,23-24H,1-4,7-8,10-11H2. The van der Waals surface area contributed by atoms with Crippen LogP contribution in [0.25, 0.3) is 0 Å². The average molecular weight is 329 g/mol. The van der Waals surface area contributed by atoms with Gasteiger partial charge in [0.1, 0.15) is 6.10 Å². The SMILES string of the molecule is OCC(O)c1cc2n(n1)CCN(c1nccc(C3CCCC3)n1)C2. The molecule has 24 heavy (non-hydrogen) atoms. The Labute approximate surface area is 141 Å². The summed E-state index contributed by atoms with van der Waals surface area (Å²) in [5, 5.41) is 23.2. The summed E-state index contributed by atoms with van der Waals surface area (Å²) < 4.78 is 1.89. The number of aliphatic hydroxyl groups excluding tert-OH is 2. The third kappa shape index (κ3) is 2.89. The van der Waals surface area contributed by atoms with E-state index in [0.29, 0.717) is 18.2 Å². The molecule has 0 saturated heterocycles. The highest BCUT2D eigenvalue weighted by molar-refractivity contribution is 5.34. The molecule has 0 radical (unpaired) electrons. The van der Waals surface area contributed by atoms with Crippen LogP contribution in [0, 0.1) is 0 Å². The Hall–Kier alpha value is -1.99. The van der Waals surface area contributed by atoms with Gasteiger partial charge in [-0.05, 0) is 25.0 Å². The first-order chi connectivity index (χ1) is 11.7. The van der Waals surface area contributed by atoms with Gasteiger partial charge in [0.15, 0.2) is 0 Å². The van der Waals surface area contributed by atoms with Gasteiger partial charge in [0.25, 0.3) is 0 Å². The Kier molecular flexibility index (Phi) is 4.20. The number of nitrogens with zero attached hydrogens (tertiary/aromatic N) is 5. The molecule has 0 aromatic carbocycles. The van der Waals surface area contributed by atoms with E-state index in [2.05, 4.69) is 15.0 Å². The van der Waals surface area contributed by atoms with Crippen molar-refractivity contribution in [3.05, 3.63) is 35.4 Å². The number of rotatable bonds is 4. The summed E-state index contributed by atoms with van der Waals surface area (Å²) in [6.07, 6.45) is 5.99. The van der Waals surface area contributed by atoms with Crippen molar-refractivity contribution in [2.24, 2.45) is 0 Å². The lowest BCUT2D eigenvalue weighted by Crippen LogP contribution is -2.35. The maximum atomic E-state index is 9.75. The molecule has 1 saturated carbocycles. The van der Waals surface area contributed by atoms with Crippen molar-refractivity contribution < 1.29 is 10.2 Å². The predicted molar refractivity (Wildman–Crippen MR) is 88.6 cm³/mol. The molecule has 3 heterocycles. The van der Waals surface area contributed by atoms with Crippen LogP contribution in [0.4, 0.5) is 5.95 Å². The van der Waals surface area contributed by atoms with E-state index in [4.69, 9.17) is 10.1 Å². The zero-order valence-corrected chi connectivity index (χ0v) is 13.7. The quantitative estimate of drug-likeness (QED) is 0.881. The van der Waals surface area contributed by atoms with Gasteiger partial charge in [0.2, 0.25) is 5.95 Å². The van der Waals surface area contributed by atoms with E-state index in [0.717, 1.165) is 30.4 Å². The number of hydrogen-bond donors (Lipinski definition) is 2. The number of aromatic nitrogens is 4. The second-order valence-electron chi connectivity index (χ2n) is 6.67. The predicted octanol–water partition coefficient (Wildman–Crippen LogP) is 1.38. The van der Waals surface area contributed by atoms with Gasteiger partial charge in [-0.25, -0.2) is 9.97 Å². The van der Waals surface area contributed by atoms with Crippen molar-refractivity contribution >= 4 is 5.95 Å². The maximum Gasteiger partial charge on any atom is 0.225 e. The Morgan fingerprint density at radius 1 is 1.25 bits per heavy atom. The summed E-state index contributed by atoms with van der Waals surface area (Å²) in [6, 6.07) is 3.90. The van der Waals surface area contributed by atoms with Gasteiger partial charge in [-0.2, -0.15) is 5.10 Å². The molecule has 1 aliphatic carbocycles. The van der Waals surface area contributed by atoms with Crippen molar-refractivity contribution in [1.82, 2.24) is 19.7 Å². The van der Waals surface area contributed by atoms with Crippen LogP contribution in [-0.4, -0.2) is 43.1 Å². The van der Waals surface area contributed by atoms with Crippen LogP contribution in [0.1, 0.15) is 54.8 Å². The van der Waals surface area contributed by atoms with Gasteiger partial charge in [0.05, 0.1) is 31.1 Å². The minimum Gasteiger partial charge on any atom is -0.393 e. The van der Waals surface area contributed by atoms with Crippen molar-refractivity contribution in [2.75, 3.05) is 18.1 Å². The summed E-state index contributed by atoms with van der Waals surface area (Å²) in [7, 11) is 0. The summed E-state index contributed by atoms with van der Waals surface area (Å²) in [4.78, 5) is 11.4. The zero-order chi connectivity index (χ0) is 16.5. The molecular weight excluding hydrogens is 306 g/mol. The first-order valence-electron chi connectivity index (χ1n) is 8.68. The van der Waals surface area contributed by atoms with Gasteiger partial charge in [-0.1, -0.05) is 12.8 Å². The van der Waals surface area contributed by atoms with Crippen molar-refractivity contribution in [3.8, 4) is 0 Å². The Morgan fingerprint density at radius 2 is 2.08 bits per heavy atom. The fourth-order valence-electron chi connectivity index (χ4n) is 3.68. The fraction of sp³-hybridized carbons (Fsp3) is 0.588. The maximum absolute atomic E-state index is 9.75. The lowest BCUT2D eigenvalue weighted by molar-refractivity contribution is 0.0916. The molecule has 2 aromatic rings. The van der Waals surface area contributed by atoms with Crippen LogP contribution >= 0.6 is 0 Å². The number of anilines is 1. The van der Waals surface area contributed by atoms with E-state index in [9.17, 15) is 5.11 Å². The lowest BCUT2D eigenvalue weighted by atomic mass is 10.0. The van der Waals surface area contributed by atoms with Crippen LogP contribution < -0.4 is 4.90 Å². The largest absolute Gasteiger partial charge is 0.393 e. The highest BCUT2D eigenvalue weighted by Crippen LogP contribution is 2.33. The van der Waals surface area contributed by atoms with Crippen molar-refractivity contribution in [1.29, 1.82) is 0 Å². The molecule has 2 aromatic heterocycles. The van der Waals surface area contributed by atoms with Gasteiger partial charge >= 0.3 is 0 Å². The van der Waals surface area contributed by atoms with Gasteiger partial charge in [0, 0.05) is 24.4 Å². The summed E-state index contributed by atoms with van der Waals surface area (Å²) in [5.41, 5.74) is 2.70. The zero-order valence-electron chi connectivity index (χ0n) is 13.7. The number of fused-ring (bicyclic) bond motifs is 1. The van der Waals surface area contributed by atoms with E-state index in [1.54, 1.807) is 0 Å². The summed E-state index contributed by atoms with van der Waals surface area (Å²) in [5.74, 6) is 1.35.